The predicted octanol–water partition coefficient (Wildman–Crippen LogP) is 3.31. The number of hydrogen-bond donors (Lipinski definition) is 1. The molecule has 3 heteroatoms. The van der Waals surface area contributed by atoms with Gasteiger partial charge in [0.15, 0.2) is 0 Å². The Bertz CT molecular complexity index is 722. The van der Waals surface area contributed by atoms with E-state index in [1.165, 1.54) is 5.56 Å². The minimum Gasteiger partial charge on any atom is -0.370 e. The van der Waals surface area contributed by atoms with Crippen LogP contribution in [0, 0.1) is 0 Å². The van der Waals surface area contributed by atoms with Crippen molar-refractivity contribution in [1.82, 2.24) is 10.3 Å². The van der Waals surface area contributed by atoms with Gasteiger partial charge in [0, 0.05) is 17.3 Å². The molecule has 0 spiro atoms. The summed E-state index contributed by atoms with van der Waals surface area (Å²) in [6.07, 6.45) is 0. The van der Waals surface area contributed by atoms with E-state index in [1.807, 2.05) is 30.3 Å². The molecule has 0 saturated carbocycles. The zero-order valence-electron chi connectivity index (χ0n) is 9.68. The molecule has 87 valence electrons. The molecule has 0 atom stereocenters. The maximum absolute atomic E-state index is 4.67. The van der Waals surface area contributed by atoms with Crippen LogP contribution in [0.25, 0.3) is 21.8 Å². The highest BCUT2D eigenvalue weighted by molar-refractivity contribution is 7.78. The third kappa shape index (κ3) is 1.93. The average Bonchev–Trinajstić information content (AvgIpc) is 2.43. The topological polar surface area (TPSA) is 24.9 Å². The van der Waals surface area contributed by atoms with E-state index in [-0.39, 0.29) is 0 Å². The molecule has 3 rings (SSSR count). The molecule has 2 nitrogen and oxygen atoms in total. The van der Waals surface area contributed by atoms with Gasteiger partial charge in [0.25, 0.3) is 0 Å². The van der Waals surface area contributed by atoms with Crippen molar-refractivity contribution in [3.05, 3.63) is 54.1 Å². The summed E-state index contributed by atoms with van der Waals surface area (Å²) < 4.78 is 0. The molecule has 0 aliphatic heterocycles. The highest BCUT2D eigenvalue weighted by atomic mass is 32.1. The van der Waals surface area contributed by atoms with E-state index < -0.39 is 0 Å². The van der Waals surface area contributed by atoms with Gasteiger partial charge in [0.05, 0.1) is 11.0 Å². The molecule has 2 aromatic carbocycles. The maximum atomic E-state index is 4.67. The number of hydrogen-bond acceptors (Lipinski definition) is 2. The molecule has 1 aromatic heterocycles. The van der Waals surface area contributed by atoms with Crippen LogP contribution < -0.4 is 5.32 Å². The highest BCUT2D eigenvalue weighted by Gasteiger charge is 2.03. The van der Waals surface area contributed by atoms with E-state index in [0.717, 1.165) is 21.8 Å². The molecule has 0 fully saturated rings. The van der Waals surface area contributed by atoms with Crippen LogP contribution in [0.15, 0.2) is 48.5 Å². The van der Waals surface area contributed by atoms with E-state index in [2.05, 4.69) is 46.2 Å². The van der Waals surface area contributed by atoms with E-state index in [1.54, 1.807) is 0 Å². The van der Waals surface area contributed by atoms with Crippen molar-refractivity contribution in [3.8, 4) is 0 Å². The van der Waals surface area contributed by atoms with Crippen LogP contribution >= 0.6 is 12.2 Å². The van der Waals surface area contributed by atoms with Gasteiger partial charge >= 0.3 is 0 Å². The molecule has 1 radical (unpaired) electrons. The fourth-order valence-electron chi connectivity index (χ4n) is 2.15. The van der Waals surface area contributed by atoms with E-state index in [0.29, 0.717) is 6.54 Å². The average molecular weight is 251 g/mol. The number of para-hydroxylation sites is 1. The highest BCUT2D eigenvalue weighted by Crippen LogP contribution is 2.22. The van der Waals surface area contributed by atoms with Crippen LogP contribution in [0.1, 0.15) is 5.56 Å². The molecule has 0 unspecified atom stereocenters. The molecule has 0 aliphatic carbocycles. The molecule has 0 amide bonds. The normalized spacial score (nSPS) is 10.7. The Morgan fingerprint density at radius 2 is 1.89 bits per heavy atom. The molecular formula is C15H11N2S. The van der Waals surface area contributed by atoms with Gasteiger partial charge in [-0.25, -0.2) is 4.98 Å². The first-order valence-electron chi connectivity index (χ1n) is 5.76. The Morgan fingerprint density at radius 3 is 2.78 bits per heavy atom. The molecule has 18 heavy (non-hydrogen) atoms. The number of nitrogens with zero attached hydrogens (tertiary/aromatic N) is 1. The van der Waals surface area contributed by atoms with E-state index in [4.69, 9.17) is 0 Å². The van der Waals surface area contributed by atoms with Gasteiger partial charge in [0.1, 0.15) is 5.49 Å². The van der Waals surface area contributed by atoms with Crippen molar-refractivity contribution in [2.75, 3.05) is 0 Å². The zero-order valence-corrected chi connectivity index (χ0v) is 10.5. The fraction of sp³-hybridized carbons (Fsp3) is 0.0667. The summed E-state index contributed by atoms with van der Waals surface area (Å²) in [6.45, 7) is 0.681. The summed E-state index contributed by atoms with van der Waals surface area (Å²) in [6, 6.07) is 16.5. The number of nitrogens with one attached hydrogen (secondary N) is 1. The second-order valence-electron chi connectivity index (χ2n) is 4.12. The van der Waals surface area contributed by atoms with Gasteiger partial charge in [-0.2, -0.15) is 0 Å². The molecule has 1 N–H and O–H groups in total. The predicted molar refractivity (Wildman–Crippen MR) is 78.7 cm³/mol. The Morgan fingerprint density at radius 1 is 1.06 bits per heavy atom. The van der Waals surface area contributed by atoms with Crippen molar-refractivity contribution in [2.24, 2.45) is 0 Å². The second-order valence-corrected chi connectivity index (χ2v) is 4.32. The quantitative estimate of drug-likeness (QED) is 0.439. The van der Waals surface area contributed by atoms with Crippen LogP contribution in [0.2, 0.25) is 0 Å². The third-order valence-electron chi connectivity index (χ3n) is 3.00. The van der Waals surface area contributed by atoms with Crippen molar-refractivity contribution in [2.45, 2.75) is 6.54 Å². The number of benzene rings is 2. The van der Waals surface area contributed by atoms with E-state index >= 15 is 0 Å². The molecule has 0 bridgehead atoms. The fourth-order valence-corrected chi connectivity index (χ4v) is 2.22. The van der Waals surface area contributed by atoms with Gasteiger partial charge < -0.3 is 5.32 Å². The van der Waals surface area contributed by atoms with Crippen molar-refractivity contribution in [3.63, 3.8) is 0 Å². The molecule has 0 aliphatic rings. The number of pyridine rings is 1. The Balaban J connectivity index is 2.25. The van der Waals surface area contributed by atoms with Gasteiger partial charge in [-0.3, -0.25) is 0 Å². The summed E-state index contributed by atoms with van der Waals surface area (Å²) in [5.74, 6) is 0. The molecule has 1 heterocycles. The molecule has 3 aromatic rings. The summed E-state index contributed by atoms with van der Waals surface area (Å²) in [4.78, 5) is 4.67. The van der Waals surface area contributed by atoms with Gasteiger partial charge in [0.2, 0.25) is 0 Å². The standard InChI is InChI=1S/C15H11N2S/c18-10-16-9-12-5-3-7-15-13(12)8-11-4-1-2-6-14(11)17-15/h1-8H,9H2,(H,16,18). The van der Waals surface area contributed by atoms with Crippen LogP contribution in [0.4, 0.5) is 0 Å². The lowest BCUT2D eigenvalue weighted by molar-refractivity contribution is 0.953. The van der Waals surface area contributed by atoms with Crippen LogP contribution in [0.5, 0.6) is 0 Å². The van der Waals surface area contributed by atoms with Crippen molar-refractivity contribution in [1.29, 1.82) is 0 Å². The summed E-state index contributed by atoms with van der Waals surface area (Å²) in [5, 5.41) is 5.26. The zero-order chi connectivity index (χ0) is 12.4. The van der Waals surface area contributed by atoms with E-state index in [9.17, 15) is 0 Å². The van der Waals surface area contributed by atoms with Crippen LogP contribution in [-0.2, 0) is 6.54 Å². The number of aromatic nitrogens is 1. The minimum absolute atomic E-state index is 0.681. The lowest BCUT2D eigenvalue weighted by Gasteiger charge is -2.07. The number of thiocarbonyl (C=S) groups is 1. The minimum atomic E-state index is 0.681. The second kappa shape index (κ2) is 4.70. The Hall–Kier alpha value is -2.00. The first kappa shape index (κ1) is 11.1. The Labute approximate surface area is 111 Å². The third-order valence-corrected chi connectivity index (χ3v) is 3.15. The first-order chi connectivity index (χ1) is 8.88. The summed E-state index contributed by atoms with van der Waals surface area (Å²) >= 11 is 4.67. The number of rotatable bonds is 3. The van der Waals surface area contributed by atoms with Crippen LogP contribution in [-0.4, -0.2) is 10.5 Å². The van der Waals surface area contributed by atoms with Gasteiger partial charge in [-0.05, 0) is 23.8 Å². The monoisotopic (exact) mass is 251 g/mol. The van der Waals surface area contributed by atoms with Crippen LogP contribution in [0.3, 0.4) is 0 Å². The van der Waals surface area contributed by atoms with Crippen molar-refractivity contribution >= 4 is 39.5 Å². The maximum Gasteiger partial charge on any atom is 0.134 e. The largest absolute Gasteiger partial charge is 0.370 e. The Kier molecular flexibility index (Phi) is 2.90. The van der Waals surface area contributed by atoms with Gasteiger partial charge in [-0.15, -0.1) is 0 Å². The lowest BCUT2D eigenvalue weighted by atomic mass is 10.1. The summed E-state index contributed by atoms with van der Waals surface area (Å²) in [5.41, 5.74) is 5.75. The first-order valence-corrected chi connectivity index (χ1v) is 6.17. The smallest absolute Gasteiger partial charge is 0.134 e. The molecule has 0 saturated heterocycles. The number of fused-ring (bicyclic) bond motifs is 2. The SMILES string of the molecule is S=[C]NCc1cccc2nc3ccccc3cc12. The molecular weight excluding hydrogens is 240 g/mol. The van der Waals surface area contributed by atoms with Crippen molar-refractivity contribution < 1.29 is 0 Å². The summed E-state index contributed by atoms with van der Waals surface area (Å²) in [7, 11) is 0. The van der Waals surface area contributed by atoms with Gasteiger partial charge in [-0.1, -0.05) is 42.5 Å². The lowest BCUT2D eigenvalue weighted by Crippen LogP contribution is -2.08.